The Hall–Kier alpha value is -2.15. The van der Waals surface area contributed by atoms with Gasteiger partial charge in [0.1, 0.15) is 5.82 Å². The number of anilines is 1. The molecule has 0 spiro atoms. The molecule has 1 aromatic heterocycles. The fourth-order valence-corrected chi connectivity index (χ4v) is 4.01. The van der Waals surface area contributed by atoms with Gasteiger partial charge in [0, 0.05) is 24.7 Å². The van der Waals surface area contributed by atoms with Crippen LogP contribution in [0.4, 0.5) is 5.82 Å². The van der Waals surface area contributed by atoms with Crippen LogP contribution in [0, 0.1) is 5.92 Å². The highest BCUT2D eigenvalue weighted by Crippen LogP contribution is 2.34. The number of hydrogen-bond donors (Lipinski definition) is 4. The molecule has 1 fully saturated rings. The molecule has 1 saturated carbocycles. The van der Waals surface area contributed by atoms with Gasteiger partial charge in [-0.3, -0.25) is 9.59 Å². The predicted octanol–water partition coefficient (Wildman–Crippen LogP) is 1.88. The van der Waals surface area contributed by atoms with Crippen molar-refractivity contribution >= 4 is 17.7 Å². The van der Waals surface area contributed by atoms with Gasteiger partial charge in [-0.05, 0) is 63.0 Å². The molecule has 2 aliphatic rings. The lowest BCUT2D eigenvalue weighted by atomic mass is 9.77. The van der Waals surface area contributed by atoms with Crippen molar-refractivity contribution in [3.63, 3.8) is 0 Å². The van der Waals surface area contributed by atoms with Crippen LogP contribution in [0.2, 0.25) is 0 Å². The van der Waals surface area contributed by atoms with Gasteiger partial charge in [0.2, 0.25) is 5.91 Å². The number of nitrogens with one attached hydrogen (secondary N) is 2. The van der Waals surface area contributed by atoms with Gasteiger partial charge in [-0.1, -0.05) is 6.07 Å². The predicted molar refractivity (Wildman–Crippen MR) is 102 cm³/mol. The van der Waals surface area contributed by atoms with Crippen LogP contribution in [0.1, 0.15) is 56.2 Å². The second kappa shape index (κ2) is 8.69. The Bertz CT molecular complexity index is 684. The highest BCUT2D eigenvalue weighted by Gasteiger charge is 2.37. The number of pyridine rings is 1. The van der Waals surface area contributed by atoms with Crippen molar-refractivity contribution < 1.29 is 19.8 Å². The van der Waals surface area contributed by atoms with Gasteiger partial charge in [0.15, 0.2) is 0 Å². The molecule has 148 valence electrons. The van der Waals surface area contributed by atoms with Crippen LogP contribution in [0.15, 0.2) is 12.1 Å². The highest BCUT2D eigenvalue weighted by molar-refractivity contribution is 5.78. The number of fused-ring (bicyclic) bond motifs is 1. The summed E-state index contributed by atoms with van der Waals surface area (Å²) in [4.78, 5) is 27.8. The van der Waals surface area contributed by atoms with Crippen molar-refractivity contribution in [2.45, 2.75) is 63.4 Å². The van der Waals surface area contributed by atoms with Gasteiger partial charge in [-0.2, -0.15) is 0 Å². The van der Waals surface area contributed by atoms with Crippen LogP contribution >= 0.6 is 0 Å². The van der Waals surface area contributed by atoms with Gasteiger partial charge < -0.3 is 20.8 Å². The maximum atomic E-state index is 12.3. The number of amides is 1. The molecule has 7 heteroatoms. The second-order valence-corrected chi connectivity index (χ2v) is 7.80. The number of carbonyl (C=O) groups excluding carboxylic acids is 1. The summed E-state index contributed by atoms with van der Waals surface area (Å²) in [6.07, 6.45) is 5.42. The van der Waals surface area contributed by atoms with E-state index < -0.39 is 11.6 Å². The van der Waals surface area contributed by atoms with E-state index in [9.17, 15) is 14.7 Å². The SMILES string of the molecule is O=C(O)CC1(O)CCC(C(=O)NCCCc2ccc3c(n2)NCCC3)CC1. The average molecular weight is 375 g/mol. The Kier molecular flexibility index (Phi) is 6.31. The molecule has 4 N–H and O–H groups in total. The summed E-state index contributed by atoms with van der Waals surface area (Å²) in [5.41, 5.74) is 1.15. The van der Waals surface area contributed by atoms with Crippen LogP contribution in [0.25, 0.3) is 0 Å². The summed E-state index contributed by atoms with van der Waals surface area (Å²) >= 11 is 0. The lowest BCUT2D eigenvalue weighted by Gasteiger charge is -2.34. The van der Waals surface area contributed by atoms with Crippen LogP contribution in [-0.4, -0.2) is 45.8 Å². The zero-order chi connectivity index (χ0) is 19.3. The van der Waals surface area contributed by atoms with Crippen LogP contribution in [-0.2, 0) is 22.4 Å². The van der Waals surface area contributed by atoms with Crippen molar-refractivity contribution in [3.8, 4) is 0 Å². The number of rotatable bonds is 7. The number of carbonyl (C=O) groups is 2. The minimum Gasteiger partial charge on any atom is -0.481 e. The highest BCUT2D eigenvalue weighted by atomic mass is 16.4. The molecule has 0 aromatic carbocycles. The minimum atomic E-state index is -1.16. The normalized spacial score (nSPS) is 24.6. The number of aromatic nitrogens is 1. The molecule has 0 unspecified atom stereocenters. The maximum absolute atomic E-state index is 12.3. The summed E-state index contributed by atoms with van der Waals surface area (Å²) < 4.78 is 0. The average Bonchev–Trinajstić information content (AvgIpc) is 2.64. The van der Waals surface area contributed by atoms with Crippen LogP contribution in [0.5, 0.6) is 0 Å². The standard InChI is InChI=1S/C20H29N3O4/c24-17(25)13-20(27)9-7-15(8-10-20)19(26)22-12-2-4-16-6-5-14-3-1-11-21-18(14)23-16/h5-6,15,27H,1-4,7-13H2,(H,21,23)(H,22,26)(H,24,25). The fourth-order valence-electron chi connectivity index (χ4n) is 4.01. The van der Waals surface area contributed by atoms with E-state index >= 15 is 0 Å². The molecular weight excluding hydrogens is 346 g/mol. The first-order valence-electron chi connectivity index (χ1n) is 9.90. The van der Waals surface area contributed by atoms with Gasteiger partial charge in [0.25, 0.3) is 0 Å². The quantitative estimate of drug-likeness (QED) is 0.542. The van der Waals surface area contributed by atoms with Crippen molar-refractivity contribution in [1.82, 2.24) is 10.3 Å². The van der Waals surface area contributed by atoms with E-state index in [2.05, 4.69) is 27.8 Å². The third-order valence-electron chi connectivity index (χ3n) is 5.63. The molecule has 1 aliphatic carbocycles. The number of carboxylic acids is 1. The number of hydrogen-bond acceptors (Lipinski definition) is 5. The van der Waals surface area contributed by atoms with E-state index in [1.165, 1.54) is 5.56 Å². The Labute approximate surface area is 159 Å². The third kappa shape index (κ3) is 5.42. The van der Waals surface area contributed by atoms with E-state index in [0.717, 1.165) is 43.7 Å². The Morgan fingerprint density at radius 2 is 2.07 bits per heavy atom. The molecule has 3 rings (SSSR count). The van der Waals surface area contributed by atoms with Crippen LogP contribution in [0.3, 0.4) is 0 Å². The molecule has 1 aliphatic heterocycles. The van der Waals surface area contributed by atoms with E-state index in [0.29, 0.717) is 32.2 Å². The molecule has 0 bridgehead atoms. The van der Waals surface area contributed by atoms with Crippen molar-refractivity contribution in [2.24, 2.45) is 5.92 Å². The number of carboxylic acid groups (broad SMARTS) is 1. The lowest BCUT2D eigenvalue weighted by molar-refractivity contribution is -0.144. The van der Waals surface area contributed by atoms with Gasteiger partial charge in [-0.25, -0.2) is 4.98 Å². The van der Waals surface area contributed by atoms with Crippen molar-refractivity contribution in [2.75, 3.05) is 18.4 Å². The Morgan fingerprint density at radius 1 is 1.30 bits per heavy atom. The third-order valence-corrected chi connectivity index (χ3v) is 5.63. The molecule has 27 heavy (non-hydrogen) atoms. The molecule has 1 amide bonds. The number of nitrogens with zero attached hydrogens (tertiary/aromatic N) is 1. The first-order valence-corrected chi connectivity index (χ1v) is 9.90. The smallest absolute Gasteiger partial charge is 0.306 e. The Balaban J connectivity index is 1.37. The number of aliphatic hydroxyl groups is 1. The minimum absolute atomic E-state index is 0.00689. The van der Waals surface area contributed by atoms with Crippen LogP contribution < -0.4 is 10.6 Å². The number of aliphatic carboxylic acids is 1. The van der Waals surface area contributed by atoms with Crippen molar-refractivity contribution in [1.29, 1.82) is 0 Å². The largest absolute Gasteiger partial charge is 0.481 e. The maximum Gasteiger partial charge on any atom is 0.306 e. The molecule has 0 radical (unpaired) electrons. The van der Waals surface area contributed by atoms with Gasteiger partial charge in [0.05, 0.1) is 12.0 Å². The van der Waals surface area contributed by atoms with E-state index in [4.69, 9.17) is 5.11 Å². The van der Waals surface area contributed by atoms with Crippen molar-refractivity contribution in [3.05, 3.63) is 23.4 Å². The first kappa shape index (κ1) is 19.6. The molecular formula is C20H29N3O4. The molecule has 2 heterocycles. The number of aryl methyl sites for hydroxylation is 2. The second-order valence-electron chi connectivity index (χ2n) is 7.80. The van der Waals surface area contributed by atoms with Gasteiger partial charge in [-0.15, -0.1) is 0 Å². The molecule has 7 nitrogen and oxygen atoms in total. The summed E-state index contributed by atoms with van der Waals surface area (Å²) in [7, 11) is 0. The molecule has 0 atom stereocenters. The lowest BCUT2D eigenvalue weighted by Crippen LogP contribution is -2.41. The summed E-state index contributed by atoms with van der Waals surface area (Å²) in [6.45, 7) is 1.57. The molecule has 0 saturated heterocycles. The molecule has 1 aromatic rings. The monoisotopic (exact) mass is 375 g/mol. The fraction of sp³-hybridized carbons (Fsp3) is 0.650. The zero-order valence-electron chi connectivity index (χ0n) is 15.7. The zero-order valence-corrected chi connectivity index (χ0v) is 15.7. The Morgan fingerprint density at radius 3 is 2.81 bits per heavy atom. The van der Waals surface area contributed by atoms with E-state index in [1.54, 1.807) is 0 Å². The summed E-state index contributed by atoms with van der Waals surface area (Å²) in [5.74, 6) is -0.122. The summed E-state index contributed by atoms with van der Waals surface area (Å²) in [5, 5.41) is 25.4. The topological polar surface area (TPSA) is 112 Å². The first-order chi connectivity index (χ1) is 13.0. The summed E-state index contributed by atoms with van der Waals surface area (Å²) in [6, 6.07) is 4.21. The van der Waals surface area contributed by atoms with Gasteiger partial charge >= 0.3 is 5.97 Å². The van der Waals surface area contributed by atoms with E-state index in [-0.39, 0.29) is 18.2 Å². The van der Waals surface area contributed by atoms with E-state index in [1.807, 2.05) is 0 Å².